The number of hydrogen-bond donors (Lipinski definition) is 1. The molecule has 1 saturated heterocycles. The maximum absolute atomic E-state index is 11.6. The van der Waals surface area contributed by atoms with Gasteiger partial charge in [0.2, 0.25) is 0 Å². The van der Waals surface area contributed by atoms with E-state index in [1.807, 2.05) is 30.3 Å². The molecule has 0 radical (unpaired) electrons. The monoisotopic (exact) mass is 352 g/mol. The standard InChI is InChI=1S/C22H28N2O2/c1-2-3-12-23-13-15-24(16-14-23)17-18-8-4-5-9-19(18)20-10-6-7-11-21(20)22(25)26/h4-11H,2-3,12-17H2,1H3,(H,25,26). The molecule has 1 N–H and O–H groups in total. The smallest absolute Gasteiger partial charge is 0.336 e. The summed E-state index contributed by atoms with van der Waals surface area (Å²) in [6.45, 7) is 8.68. The number of rotatable bonds is 7. The number of benzene rings is 2. The molecular formula is C22H28N2O2. The number of carboxylic acids is 1. The van der Waals surface area contributed by atoms with Crippen LogP contribution in [0.15, 0.2) is 48.5 Å². The Morgan fingerprint density at radius 2 is 1.54 bits per heavy atom. The van der Waals surface area contributed by atoms with Gasteiger partial charge in [-0.15, -0.1) is 0 Å². The van der Waals surface area contributed by atoms with Crippen molar-refractivity contribution in [3.8, 4) is 11.1 Å². The van der Waals surface area contributed by atoms with Crippen molar-refractivity contribution in [1.82, 2.24) is 9.80 Å². The van der Waals surface area contributed by atoms with Crippen molar-refractivity contribution in [2.45, 2.75) is 26.3 Å². The number of nitrogens with zero attached hydrogens (tertiary/aromatic N) is 2. The first-order valence-corrected chi connectivity index (χ1v) is 9.54. The van der Waals surface area contributed by atoms with Crippen LogP contribution in [0.25, 0.3) is 11.1 Å². The van der Waals surface area contributed by atoms with Crippen LogP contribution in [-0.2, 0) is 6.54 Å². The molecule has 0 amide bonds. The summed E-state index contributed by atoms with van der Waals surface area (Å²) >= 11 is 0. The summed E-state index contributed by atoms with van der Waals surface area (Å²) in [6.07, 6.45) is 2.52. The highest BCUT2D eigenvalue weighted by Crippen LogP contribution is 2.28. The molecule has 0 bridgehead atoms. The molecule has 2 aromatic rings. The minimum Gasteiger partial charge on any atom is -0.478 e. The zero-order chi connectivity index (χ0) is 18.4. The third kappa shape index (κ3) is 4.51. The molecule has 138 valence electrons. The molecule has 0 aromatic heterocycles. The molecule has 1 aliphatic rings. The van der Waals surface area contributed by atoms with E-state index in [-0.39, 0.29) is 0 Å². The third-order valence-electron chi connectivity index (χ3n) is 5.15. The fourth-order valence-electron chi connectivity index (χ4n) is 3.62. The Hall–Kier alpha value is -2.17. The van der Waals surface area contributed by atoms with Crippen LogP contribution in [0.3, 0.4) is 0 Å². The maximum Gasteiger partial charge on any atom is 0.336 e. The second-order valence-electron chi connectivity index (χ2n) is 6.98. The van der Waals surface area contributed by atoms with E-state index in [1.165, 1.54) is 24.9 Å². The minimum atomic E-state index is -0.875. The first-order valence-electron chi connectivity index (χ1n) is 9.54. The average Bonchev–Trinajstić information content (AvgIpc) is 2.68. The van der Waals surface area contributed by atoms with Gasteiger partial charge in [-0.05, 0) is 35.7 Å². The molecule has 0 aliphatic carbocycles. The van der Waals surface area contributed by atoms with Crippen LogP contribution >= 0.6 is 0 Å². The lowest BCUT2D eigenvalue weighted by atomic mass is 9.95. The summed E-state index contributed by atoms with van der Waals surface area (Å²) in [7, 11) is 0. The Bertz CT molecular complexity index is 736. The number of carboxylic acid groups (broad SMARTS) is 1. The lowest BCUT2D eigenvalue weighted by Crippen LogP contribution is -2.46. The normalized spacial score (nSPS) is 15.9. The van der Waals surface area contributed by atoms with Gasteiger partial charge in [-0.3, -0.25) is 4.90 Å². The van der Waals surface area contributed by atoms with Crippen LogP contribution in [-0.4, -0.2) is 53.6 Å². The van der Waals surface area contributed by atoms with Crippen LogP contribution in [0.1, 0.15) is 35.7 Å². The molecule has 1 heterocycles. The summed E-state index contributed by atoms with van der Waals surface area (Å²) in [4.78, 5) is 16.6. The lowest BCUT2D eigenvalue weighted by molar-refractivity contribution is 0.0697. The highest BCUT2D eigenvalue weighted by Gasteiger charge is 2.19. The highest BCUT2D eigenvalue weighted by molar-refractivity contribution is 5.96. The van der Waals surface area contributed by atoms with Crippen molar-refractivity contribution in [3.63, 3.8) is 0 Å². The van der Waals surface area contributed by atoms with Gasteiger partial charge in [0.05, 0.1) is 5.56 Å². The minimum absolute atomic E-state index is 0.365. The van der Waals surface area contributed by atoms with Crippen LogP contribution in [0.2, 0.25) is 0 Å². The van der Waals surface area contributed by atoms with Gasteiger partial charge in [-0.1, -0.05) is 55.8 Å². The average molecular weight is 352 g/mol. The first-order chi connectivity index (χ1) is 12.7. The van der Waals surface area contributed by atoms with E-state index in [1.54, 1.807) is 12.1 Å². The Morgan fingerprint density at radius 3 is 2.23 bits per heavy atom. The fraction of sp³-hybridized carbons (Fsp3) is 0.409. The molecule has 2 aromatic carbocycles. The van der Waals surface area contributed by atoms with Crippen molar-refractivity contribution in [2.75, 3.05) is 32.7 Å². The van der Waals surface area contributed by atoms with Crippen LogP contribution < -0.4 is 0 Å². The first kappa shape index (κ1) is 18.6. The maximum atomic E-state index is 11.6. The van der Waals surface area contributed by atoms with Crippen LogP contribution in [0, 0.1) is 0 Å². The van der Waals surface area contributed by atoms with E-state index < -0.39 is 5.97 Å². The van der Waals surface area contributed by atoms with E-state index in [0.717, 1.165) is 43.9 Å². The molecule has 4 nitrogen and oxygen atoms in total. The van der Waals surface area contributed by atoms with Gasteiger partial charge in [0.1, 0.15) is 0 Å². The Morgan fingerprint density at radius 1 is 0.923 bits per heavy atom. The van der Waals surface area contributed by atoms with Gasteiger partial charge in [-0.2, -0.15) is 0 Å². The van der Waals surface area contributed by atoms with E-state index in [2.05, 4.69) is 22.8 Å². The molecule has 1 fully saturated rings. The topological polar surface area (TPSA) is 43.8 Å². The van der Waals surface area contributed by atoms with Crippen LogP contribution in [0.4, 0.5) is 0 Å². The van der Waals surface area contributed by atoms with Crippen molar-refractivity contribution in [2.24, 2.45) is 0 Å². The third-order valence-corrected chi connectivity index (χ3v) is 5.15. The summed E-state index contributed by atoms with van der Waals surface area (Å²) < 4.78 is 0. The number of piperazine rings is 1. The van der Waals surface area contributed by atoms with Crippen molar-refractivity contribution in [1.29, 1.82) is 0 Å². The summed E-state index contributed by atoms with van der Waals surface area (Å²) in [6, 6.07) is 15.5. The van der Waals surface area contributed by atoms with Crippen molar-refractivity contribution >= 4 is 5.97 Å². The van der Waals surface area contributed by atoms with E-state index >= 15 is 0 Å². The summed E-state index contributed by atoms with van der Waals surface area (Å²) in [5.74, 6) is -0.875. The predicted octanol–water partition coefficient (Wildman–Crippen LogP) is 3.97. The molecule has 0 spiro atoms. The largest absolute Gasteiger partial charge is 0.478 e. The van der Waals surface area contributed by atoms with E-state index in [0.29, 0.717) is 5.56 Å². The molecule has 3 rings (SSSR count). The molecular weight excluding hydrogens is 324 g/mol. The molecule has 1 aliphatic heterocycles. The number of unbranched alkanes of at least 4 members (excludes halogenated alkanes) is 1. The summed E-state index contributed by atoms with van der Waals surface area (Å²) in [5.41, 5.74) is 3.39. The van der Waals surface area contributed by atoms with E-state index in [4.69, 9.17) is 0 Å². The van der Waals surface area contributed by atoms with Crippen molar-refractivity contribution < 1.29 is 9.90 Å². The van der Waals surface area contributed by atoms with Crippen molar-refractivity contribution in [3.05, 3.63) is 59.7 Å². The number of carbonyl (C=O) groups is 1. The molecule has 4 heteroatoms. The zero-order valence-electron chi connectivity index (χ0n) is 15.5. The molecule has 0 atom stereocenters. The van der Waals surface area contributed by atoms with Gasteiger partial charge in [-0.25, -0.2) is 4.79 Å². The van der Waals surface area contributed by atoms with E-state index in [9.17, 15) is 9.90 Å². The van der Waals surface area contributed by atoms with Gasteiger partial charge in [0.25, 0.3) is 0 Å². The Kier molecular flexibility index (Phi) is 6.42. The van der Waals surface area contributed by atoms with Gasteiger partial charge >= 0.3 is 5.97 Å². The van der Waals surface area contributed by atoms with Gasteiger partial charge < -0.3 is 10.0 Å². The van der Waals surface area contributed by atoms with Gasteiger partial charge in [0.15, 0.2) is 0 Å². The second kappa shape index (κ2) is 8.97. The molecule has 0 saturated carbocycles. The van der Waals surface area contributed by atoms with Gasteiger partial charge in [0, 0.05) is 32.7 Å². The summed E-state index contributed by atoms with van der Waals surface area (Å²) in [5, 5.41) is 9.52. The van der Waals surface area contributed by atoms with Crippen LogP contribution in [0.5, 0.6) is 0 Å². The zero-order valence-corrected chi connectivity index (χ0v) is 15.5. The quantitative estimate of drug-likeness (QED) is 0.819. The SMILES string of the molecule is CCCCN1CCN(Cc2ccccc2-c2ccccc2C(=O)O)CC1. The Balaban J connectivity index is 1.74. The lowest BCUT2D eigenvalue weighted by Gasteiger charge is -2.35. The predicted molar refractivity (Wildman–Crippen MR) is 105 cm³/mol. The molecule has 0 unspecified atom stereocenters. The highest BCUT2D eigenvalue weighted by atomic mass is 16.4. The number of aromatic carboxylic acids is 1. The molecule has 26 heavy (non-hydrogen) atoms. The Labute approximate surface area is 156 Å². The number of hydrogen-bond acceptors (Lipinski definition) is 3. The second-order valence-corrected chi connectivity index (χ2v) is 6.98. The fourth-order valence-corrected chi connectivity index (χ4v) is 3.62.